The summed E-state index contributed by atoms with van der Waals surface area (Å²) >= 11 is 0. The SMILES string of the molecule is CC/C=C\C/C=C\C/C=C\C/C=C\C/C=C\C/C=C\CCCCCCCCCCCCC(=O)OC(COC(=O)CCCCCCCCCCCCCCCCCCC/C=C\C/C=C\C/C=C\C/C=C\C/C=C\CC)COP(=O)(O)OCCN. The number of nitrogens with two attached hydrogens (primary N) is 1. The van der Waals surface area contributed by atoms with Gasteiger partial charge < -0.3 is 20.1 Å². The van der Waals surface area contributed by atoms with Crippen molar-refractivity contribution in [2.24, 2.45) is 5.73 Å². The Bertz CT molecular complexity index is 1820. The van der Waals surface area contributed by atoms with E-state index < -0.39 is 26.5 Å². The predicted octanol–water partition coefficient (Wildman–Crippen LogP) is 22.1. The molecule has 3 N–H and O–H groups in total. The van der Waals surface area contributed by atoms with Gasteiger partial charge in [-0.3, -0.25) is 18.6 Å². The van der Waals surface area contributed by atoms with Gasteiger partial charge in [0.05, 0.1) is 13.2 Å². The predicted molar refractivity (Wildman–Crippen MR) is 357 cm³/mol. The molecule has 0 saturated heterocycles. The van der Waals surface area contributed by atoms with Gasteiger partial charge >= 0.3 is 19.8 Å². The average Bonchev–Trinajstić information content (AvgIpc) is 3.49. The van der Waals surface area contributed by atoms with Crippen LogP contribution in [0.5, 0.6) is 0 Å². The van der Waals surface area contributed by atoms with E-state index in [0.29, 0.717) is 6.42 Å². The fourth-order valence-electron chi connectivity index (χ4n) is 9.14. The number of phosphoric ester groups is 1. The Morgan fingerprint density at radius 2 is 0.627 bits per heavy atom. The van der Waals surface area contributed by atoms with Gasteiger partial charge in [0.15, 0.2) is 6.10 Å². The maximum atomic E-state index is 12.8. The van der Waals surface area contributed by atoms with Crippen LogP contribution in [0.3, 0.4) is 0 Å². The molecule has 0 aliphatic carbocycles. The van der Waals surface area contributed by atoms with E-state index in [2.05, 4.69) is 148 Å². The molecular weight excluding hydrogens is 1050 g/mol. The molecule has 2 unspecified atom stereocenters. The molecule has 0 aromatic carbocycles. The van der Waals surface area contributed by atoms with E-state index in [1.807, 2.05) is 0 Å². The molecule has 0 aromatic rings. The first-order chi connectivity index (χ1) is 40.8. The van der Waals surface area contributed by atoms with Gasteiger partial charge in [-0.05, 0) is 109 Å². The molecule has 2 atom stereocenters. The Hall–Kier alpha value is -3.85. The van der Waals surface area contributed by atoms with Gasteiger partial charge in [0.1, 0.15) is 6.61 Å². The van der Waals surface area contributed by atoms with E-state index in [9.17, 15) is 19.0 Å². The van der Waals surface area contributed by atoms with Crippen LogP contribution in [0.4, 0.5) is 0 Å². The van der Waals surface area contributed by atoms with Gasteiger partial charge in [-0.2, -0.15) is 0 Å². The molecule has 0 fully saturated rings. The molecule has 0 amide bonds. The van der Waals surface area contributed by atoms with Crippen molar-refractivity contribution in [3.05, 3.63) is 134 Å². The third kappa shape index (κ3) is 67.2. The molecule has 0 bridgehead atoms. The van der Waals surface area contributed by atoms with E-state index in [0.717, 1.165) is 116 Å². The molecule has 0 aromatic heterocycles. The Balaban J connectivity index is 3.92. The number of unbranched alkanes of at least 4 members (excludes halogenated alkanes) is 27. The van der Waals surface area contributed by atoms with Crippen molar-refractivity contribution in [3.63, 3.8) is 0 Å². The van der Waals surface area contributed by atoms with Crippen molar-refractivity contribution in [2.45, 2.75) is 290 Å². The number of esters is 2. The van der Waals surface area contributed by atoms with E-state index >= 15 is 0 Å². The molecule has 83 heavy (non-hydrogen) atoms. The summed E-state index contributed by atoms with van der Waals surface area (Å²) < 4.78 is 33.2. The van der Waals surface area contributed by atoms with E-state index in [1.165, 1.54) is 135 Å². The van der Waals surface area contributed by atoms with Gasteiger partial charge in [0.25, 0.3) is 0 Å². The first kappa shape index (κ1) is 79.2. The topological polar surface area (TPSA) is 134 Å². The number of carbonyl (C=O) groups excluding carboxylic acids is 2. The molecular formula is C73H124NO8P. The third-order valence-corrected chi connectivity index (χ3v) is 15.0. The summed E-state index contributed by atoms with van der Waals surface area (Å²) in [5.41, 5.74) is 5.40. The molecule has 0 spiro atoms. The zero-order valence-corrected chi connectivity index (χ0v) is 54.0. The Morgan fingerprint density at radius 1 is 0.361 bits per heavy atom. The molecule has 0 heterocycles. The van der Waals surface area contributed by atoms with Crippen molar-refractivity contribution < 1.29 is 37.6 Å². The number of carbonyl (C=O) groups is 2. The first-order valence-electron chi connectivity index (χ1n) is 33.7. The number of hydrogen-bond donors (Lipinski definition) is 2. The van der Waals surface area contributed by atoms with Crippen molar-refractivity contribution in [1.82, 2.24) is 0 Å². The molecule has 0 aliphatic rings. The monoisotopic (exact) mass is 1170 g/mol. The van der Waals surface area contributed by atoms with Crippen LogP contribution in [0.1, 0.15) is 284 Å². The Labute approximate surface area is 510 Å². The number of hydrogen-bond acceptors (Lipinski definition) is 8. The van der Waals surface area contributed by atoms with Crippen LogP contribution in [-0.4, -0.2) is 49.3 Å². The molecule has 9 nitrogen and oxygen atoms in total. The second kappa shape index (κ2) is 67.3. The summed E-state index contributed by atoms with van der Waals surface area (Å²) in [6.45, 7) is 3.53. The highest BCUT2D eigenvalue weighted by Gasteiger charge is 2.26. The molecule has 0 radical (unpaired) electrons. The first-order valence-corrected chi connectivity index (χ1v) is 35.2. The summed E-state index contributed by atoms with van der Waals surface area (Å²) in [6, 6.07) is 0. The minimum Gasteiger partial charge on any atom is -0.462 e. The second-order valence-electron chi connectivity index (χ2n) is 21.9. The van der Waals surface area contributed by atoms with Crippen LogP contribution < -0.4 is 5.73 Å². The maximum absolute atomic E-state index is 12.8. The van der Waals surface area contributed by atoms with Crippen molar-refractivity contribution in [1.29, 1.82) is 0 Å². The van der Waals surface area contributed by atoms with Gasteiger partial charge in [-0.1, -0.05) is 295 Å². The van der Waals surface area contributed by atoms with Crippen LogP contribution in [0, 0.1) is 0 Å². The number of allylic oxidation sites excluding steroid dienone is 22. The quantitative estimate of drug-likeness (QED) is 0.0264. The van der Waals surface area contributed by atoms with Gasteiger partial charge in [-0.25, -0.2) is 4.57 Å². The molecule has 0 aliphatic heterocycles. The number of rotatable bonds is 62. The minimum atomic E-state index is -4.40. The van der Waals surface area contributed by atoms with Gasteiger partial charge in [-0.15, -0.1) is 0 Å². The van der Waals surface area contributed by atoms with Crippen molar-refractivity contribution in [2.75, 3.05) is 26.4 Å². The summed E-state index contributed by atoms with van der Waals surface area (Å²) in [5.74, 6) is -0.832. The van der Waals surface area contributed by atoms with Crippen LogP contribution >= 0.6 is 7.82 Å². The zero-order valence-electron chi connectivity index (χ0n) is 53.1. The summed E-state index contributed by atoms with van der Waals surface area (Å²) in [4.78, 5) is 35.3. The summed E-state index contributed by atoms with van der Waals surface area (Å²) in [6.07, 6.45) is 95.3. The van der Waals surface area contributed by atoms with Crippen LogP contribution in [0.2, 0.25) is 0 Å². The lowest BCUT2D eigenvalue weighted by Gasteiger charge is -2.19. The highest BCUT2D eigenvalue weighted by Crippen LogP contribution is 2.43. The fraction of sp³-hybridized carbons (Fsp3) is 0.671. The minimum absolute atomic E-state index is 0.0477. The standard InChI is InChI=1S/C73H124NO8P/c1-3-5-7-9-11-13-15-17-19-21-23-25-27-29-31-33-34-35-36-38-39-41-43-45-47-49-51-53-55-57-59-61-63-65-72(75)79-69-71(70-81-83(77,78)80-68-67-74)82-73(76)66-64-62-60-58-56-54-52-50-48-46-44-42-40-37-32-30-28-26-24-22-20-18-16-14-12-10-8-6-4-2/h5-8,11-14,17-20,23-26,29-32,40,42,71H,3-4,9-10,15-16,21-22,27-28,33-39,41,43-70,74H2,1-2H3,(H,77,78)/b7-5-,8-6-,13-11-,14-12-,19-17-,20-18-,25-23-,26-24-,31-29-,32-30-,42-40-. The molecule has 0 rings (SSSR count). The fourth-order valence-corrected chi connectivity index (χ4v) is 9.90. The Kier molecular flexibility index (Phi) is 64.2. The lowest BCUT2D eigenvalue weighted by Crippen LogP contribution is -2.29. The lowest BCUT2D eigenvalue weighted by atomic mass is 10.0. The van der Waals surface area contributed by atoms with E-state index in [-0.39, 0.29) is 38.6 Å². The highest BCUT2D eigenvalue weighted by molar-refractivity contribution is 7.47. The largest absolute Gasteiger partial charge is 0.472 e. The Morgan fingerprint density at radius 3 is 0.928 bits per heavy atom. The summed E-state index contributed by atoms with van der Waals surface area (Å²) in [7, 11) is -4.40. The van der Waals surface area contributed by atoms with Crippen molar-refractivity contribution in [3.8, 4) is 0 Å². The number of ether oxygens (including phenoxy) is 2. The third-order valence-electron chi connectivity index (χ3n) is 14.0. The van der Waals surface area contributed by atoms with Gasteiger partial charge in [0, 0.05) is 19.4 Å². The van der Waals surface area contributed by atoms with Crippen LogP contribution in [-0.2, 0) is 32.7 Å². The average molecular weight is 1170 g/mol. The van der Waals surface area contributed by atoms with Crippen molar-refractivity contribution >= 4 is 19.8 Å². The highest BCUT2D eigenvalue weighted by atomic mass is 31.2. The maximum Gasteiger partial charge on any atom is 0.472 e. The number of phosphoric acid groups is 1. The molecule has 474 valence electrons. The van der Waals surface area contributed by atoms with Crippen LogP contribution in [0.25, 0.3) is 0 Å². The second-order valence-corrected chi connectivity index (χ2v) is 23.4. The normalized spacial score (nSPS) is 13.8. The van der Waals surface area contributed by atoms with E-state index in [4.69, 9.17) is 24.3 Å². The lowest BCUT2D eigenvalue weighted by molar-refractivity contribution is -0.161. The summed E-state index contributed by atoms with van der Waals surface area (Å²) in [5, 5.41) is 0. The molecule has 10 heteroatoms. The smallest absolute Gasteiger partial charge is 0.462 e. The molecule has 0 saturated carbocycles. The van der Waals surface area contributed by atoms with Gasteiger partial charge in [0.2, 0.25) is 0 Å². The zero-order chi connectivity index (χ0) is 60.1. The van der Waals surface area contributed by atoms with Crippen LogP contribution in [0.15, 0.2) is 134 Å². The van der Waals surface area contributed by atoms with E-state index in [1.54, 1.807) is 0 Å².